The molecule has 4 rings (SSSR count). The van der Waals surface area contributed by atoms with Gasteiger partial charge in [0.05, 0.1) is 24.3 Å². The van der Waals surface area contributed by atoms with Crippen LogP contribution in [0.5, 0.6) is 0 Å². The Hall–Kier alpha value is -3.42. The van der Waals surface area contributed by atoms with Gasteiger partial charge in [-0.2, -0.15) is 5.10 Å². The van der Waals surface area contributed by atoms with Gasteiger partial charge in [0.1, 0.15) is 12.1 Å². The van der Waals surface area contributed by atoms with Crippen molar-refractivity contribution in [2.45, 2.75) is 113 Å². The third-order valence-electron chi connectivity index (χ3n) is 7.18. The molecule has 1 fully saturated rings. The first kappa shape index (κ1) is 38.6. The molecule has 1 unspecified atom stereocenters. The van der Waals surface area contributed by atoms with Gasteiger partial charge in [0.25, 0.3) is 0 Å². The van der Waals surface area contributed by atoms with Gasteiger partial charge >= 0.3 is 0 Å². The smallest absolute Gasteiger partial charge is 0.248 e. The van der Waals surface area contributed by atoms with E-state index in [0.717, 1.165) is 42.9 Å². The van der Waals surface area contributed by atoms with Crippen LogP contribution >= 0.6 is 0 Å². The van der Waals surface area contributed by atoms with Gasteiger partial charge in [-0.1, -0.05) is 71.2 Å². The minimum atomic E-state index is -2.44. The molecule has 1 aromatic carbocycles. The molecule has 0 radical (unpaired) electrons. The average molecular weight is 612 g/mol. The number of H-pyrrole nitrogens is 1. The van der Waals surface area contributed by atoms with Crippen molar-refractivity contribution in [1.82, 2.24) is 20.2 Å². The van der Waals surface area contributed by atoms with Gasteiger partial charge in [0, 0.05) is 43.1 Å². The van der Waals surface area contributed by atoms with E-state index in [1.807, 2.05) is 32.4 Å². The highest BCUT2D eigenvalue weighted by atomic mass is 19.3. The summed E-state index contributed by atoms with van der Waals surface area (Å²) in [6, 6.07) is 6.50. The number of aryl methyl sites for hydroxylation is 2. The summed E-state index contributed by atoms with van der Waals surface area (Å²) in [5.74, 6) is -0.893. The van der Waals surface area contributed by atoms with Crippen molar-refractivity contribution in [3.8, 4) is 11.3 Å². The molecule has 44 heavy (non-hydrogen) atoms. The lowest BCUT2D eigenvalue weighted by Crippen LogP contribution is -2.20. The molecule has 1 aliphatic heterocycles. The Bertz CT molecular complexity index is 1280. The van der Waals surface area contributed by atoms with Gasteiger partial charge in [0.2, 0.25) is 5.92 Å². The van der Waals surface area contributed by atoms with Gasteiger partial charge in [-0.3, -0.25) is 10.1 Å². The molecular weight excluding hydrogens is 556 g/mol. The summed E-state index contributed by atoms with van der Waals surface area (Å²) in [6.07, 6.45) is 12.4. The number of carbonyl (C=O) groups excluding carboxylic acids is 1. The molecule has 8 heteroatoms. The maximum absolute atomic E-state index is 12.4. The highest BCUT2D eigenvalue weighted by Gasteiger charge is 2.27. The predicted octanol–water partition coefficient (Wildman–Crippen LogP) is 9.99. The van der Waals surface area contributed by atoms with E-state index in [1.165, 1.54) is 54.6 Å². The summed E-state index contributed by atoms with van der Waals surface area (Å²) in [6.45, 7) is 21.4. The maximum Gasteiger partial charge on any atom is 0.248 e. The van der Waals surface area contributed by atoms with Crippen molar-refractivity contribution in [3.05, 3.63) is 64.7 Å². The number of halogens is 2. The van der Waals surface area contributed by atoms with Gasteiger partial charge in [-0.05, 0) is 69.7 Å². The van der Waals surface area contributed by atoms with Crippen molar-refractivity contribution in [2.24, 2.45) is 5.92 Å². The third-order valence-corrected chi connectivity index (χ3v) is 7.18. The Morgan fingerprint density at radius 1 is 1.11 bits per heavy atom. The number of rotatable bonds is 8. The molecule has 1 aliphatic rings. The summed E-state index contributed by atoms with van der Waals surface area (Å²) < 4.78 is 24.8. The van der Waals surface area contributed by atoms with Crippen LogP contribution in [0, 0.1) is 19.8 Å². The normalized spacial score (nSPS) is 14.0. The number of hydrogen-bond donors (Lipinski definition) is 1. The lowest BCUT2D eigenvalue weighted by atomic mass is 10.00. The molecule has 1 saturated heterocycles. The molecule has 0 bridgehead atoms. The number of unbranched alkanes of at least 4 members (excludes halogenated alkanes) is 1. The standard InChI is InChI=1S/C23H27N5.C7H14F2.C4H10.C2H4O/c1-15(2)9-18-5-6-19(10-16(18)3)22-12-24-13-23(26-22)28-8-7-20(14-28)21-11-25-27-17(21)4;1-4-7(8,9)5-6(2)3;1-3-4-2;1-2-3/h5-6,9-13,20H,7-8,14H2,1-4H3,(H,25,27);6H,4-5H2,1-3H3;3-4H2,1-2H3;2H,1H3. The number of anilines is 1. The Kier molecular flexibility index (Phi) is 17.4. The number of carbonyl (C=O) groups is 1. The quantitative estimate of drug-likeness (QED) is 0.257. The Morgan fingerprint density at radius 2 is 1.77 bits per heavy atom. The number of nitrogens with one attached hydrogen (secondary N) is 1. The lowest BCUT2D eigenvalue weighted by molar-refractivity contribution is -0.106. The zero-order chi connectivity index (χ0) is 33.3. The van der Waals surface area contributed by atoms with Crippen LogP contribution in [-0.2, 0) is 4.79 Å². The van der Waals surface area contributed by atoms with Crippen LogP contribution in [0.15, 0.2) is 42.4 Å². The summed E-state index contributed by atoms with van der Waals surface area (Å²) in [5, 5.41) is 7.23. The second-order valence-corrected chi connectivity index (χ2v) is 12.0. The summed E-state index contributed by atoms with van der Waals surface area (Å²) in [5.41, 5.74) is 8.32. The zero-order valence-corrected chi connectivity index (χ0v) is 28.7. The van der Waals surface area contributed by atoms with Crippen molar-refractivity contribution < 1.29 is 13.6 Å². The van der Waals surface area contributed by atoms with E-state index in [2.05, 4.69) is 85.9 Å². The Balaban J connectivity index is 0.000000504. The molecule has 0 aliphatic carbocycles. The molecule has 1 atom stereocenters. The molecule has 0 saturated carbocycles. The first-order chi connectivity index (χ1) is 20.8. The number of hydrogen-bond acceptors (Lipinski definition) is 5. The van der Waals surface area contributed by atoms with Crippen LogP contribution in [-0.4, -0.2) is 45.5 Å². The first-order valence-corrected chi connectivity index (χ1v) is 15.9. The van der Waals surface area contributed by atoms with Crippen molar-refractivity contribution in [3.63, 3.8) is 0 Å². The van der Waals surface area contributed by atoms with Crippen LogP contribution in [0.2, 0.25) is 0 Å². The molecular formula is C36H55F2N5O. The number of allylic oxidation sites excluding steroid dienone is 1. The molecule has 3 aromatic rings. The molecule has 244 valence electrons. The van der Waals surface area contributed by atoms with Crippen molar-refractivity contribution in [2.75, 3.05) is 18.0 Å². The van der Waals surface area contributed by atoms with E-state index < -0.39 is 5.92 Å². The highest BCUT2D eigenvalue weighted by Crippen LogP contribution is 2.32. The number of aldehydes is 1. The highest BCUT2D eigenvalue weighted by molar-refractivity contribution is 5.66. The minimum Gasteiger partial charge on any atom is -0.355 e. The van der Waals surface area contributed by atoms with E-state index in [0.29, 0.717) is 5.92 Å². The van der Waals surface area contributed by atoms with E-state index in [9.17, 15) is 8.78 Å². The largest absolute Gasteiger partial charge is 0.355 e. The van der Waals surface area contributed by atoms with Crippen LogP contribution in [0.1, 0.15) is 116 Å². The summed E-state index contributed by atoms with van der Waals surface area (Å²) in [7, 11) is 0. The number of alkyl halides is 2. The predicted molar refractivity (Wildman–Crippen MR) is 181 cm³/mol. The lowest BCUT2D eigenvalue weighted by Gasteiger charge is -2.18. The van der Waals surface area contributed by atoms with Gasteiger partial charge in [-0.25, -0.2) is 13.8 Å². The monoisotopic (exact) mass is 611 g/mol. The molecule has 2 aromatic heterocycles. The summed E-state index contributed by atoms with van der Waals surface area (Å²) in [4.78, 5) is 20.5. The molecule has 3 heterocycles. The van der Waals surface area contributed by atoms with E-state index in [-0.39, 0.29) is 18.8 Å². The van der Waals surface area contributed by atoms with Crippen LogP contribution in [0.25, 0.3) is 17.3 Å². The number of nitrogens with zero attached hydrogens (tertiary/aromatic N) is 4. The first-order valence-electron chi connectivity index (χ1n) is 15.9. The second-order valence-electron chi connectivity index (χ2n) is 12.0. The zero-order valence-electron chi connectivity index (χ0n) is 28.7. The molecule has 1 N–H and O–H groups in total. The number of aromatic nitrogens is 4. The number of benzene rings is 1. The Labute approximate surface area is 264 Å². The second kappa shape index (κ2) is 19.8. The van der Waals surface area contributed by atoms with Crippen LogP contribution in [0.3, 0.4) is 0 Å². The summed E-state index contributed by atoms with van der Waals surface area (Å²) >= 11 is 0. The topological polar surface area (TPSA) is 74.8 Å². The number of aromatic amines is 1. The fraction of sp³-hybridized carbons (Fsp3) is 0.556. The van der Waals surface area contributed by atoms with Gasteiger partial charge < -0.3 is 9.69 Å². The maximum atomic E-state index is 12.4. The Morgan fingerprint density at radius 3 is 2.25 bits per heavy atom. The molecule has 0 amide bonds. The SMILES string of the molecule is CC(C)=Cc1ccc(-c2cncc(N3CCC(c4cn[nH]c4C)C3)n2)cc1C.CC=O.CCC(F)(F)CC(C)C.CCCC. The molecule has 6 nitrogen and oxygen atoms in total. The van der Waals surface area contributed by atoms with Crippen molar-refractivity contribution in [1.29, 1.82) is 0 Å². The van der Waals surface area contributed by atoms with E-state index in [1.54, 1.807) is 0 Å². The van der Waals surface area contributed by atoms with Crippen LogP contribution in [0.4, 0.5) is 14.6 Å². The fourth-order valence-electron chi connectivity index (χ4n) is 4.69. The van der Waals surface area contributed by atoms with Gasteiger partial charge in [0.15, 0.2) is 0 Å². The fourth-order valence-corrected chi connectivity index (χ4v) is 4.69. The third kappa shape index (κ3) is 13.5. The van der Waals surface area contributed by atoms with Crippen molar-refractivity contribution >= 4 is 18.2 Å². The van der Waals surface area contributed by atoms with Crippen LogP contribution < -0.4 is 4.90 Å². The van der Waals surface area contributed by atoms with Gasteiger partial charge in [-0.15, -0.1) is 0 Å². The molecule has 0 spiro atoms. The van der Waals surface area contributed by atoms with E-state index >= 15 is 0 Å². The average Bonchev–Trinajstić information content (AvgIpc) is 3.63. The minimum absolute atomic E-state index is 0.0174. The van der Waals surface area contributed by atoms with E-state index in [4.69, 9.17) is 9.78 Å².